The molecule has 0 N–H and O–H groups in total. The molecule has 2 nitrogen and oxygen atoms in total. The average Bonchev–Trinajstić information content (AvgIpc) is 2.95. The smallest absolute Gasteiger partial charge is 0.0486 e. The molecule has 3 aromatic rings. The zero-order chi connectivity index (χ0) is 16.1. The van der Waals surface area contributed by atoms with Gasteiger partial charge in [0, 0.05) is 37.4 Å². The normalized spacial score (nSPS) is 11.2. The van der Waals surface area contributed by atoms with Gasteiger partial charge < -0.3 is 9.30 Å². The number of ether oxygens (including phenoxy) is 1. The molecule has 0 aliphatic heterocycles. The van der Waals surface area contributed by atoms with Crippen molar-refractivity contribution in [2.24, 2.45) is 0 Å². The number of hydrogen-bond acceptors (Lipinski definition) is 1. The summed E-state index contributed by atoms with van der Waals surface area (Å²) in [7, 11) is 1.77. The molecule has 0 saturated carbocycles. The third-order valence-electron chi connectivity index (χ3n) is 4.44. The number of aromatic nitrogens is 1. The van der Waals surface area contributed by atoms with Crippen molar-refractivity contribution in [3.63, 3.8) is 0 Å². The summed E-state index contributed by atoms with van der Waals surface area (Å²) in [6.45, 7) is 4.07. The molecule has 0 spiro atoms. The standard InChI is InChI=1S/C21H25NO/c1-3-18-16-22(13-8-14-23-2)20-12-7-11-19(21(18)20)15-17-9-5-4-6-10-17/h4-7,9-12,16H,3,8,13-15H2,1-2H3. The molecule has 0 radical (unpaired) electrons. The van der Waals surface area contributed by atoms with Crippen molar-refractivity contribution in [2.45, 2.75) is 32.7 Å². The van der Waals surface area contributed by atoms with Gasteiger partial charge in [-0.05, 0) is 42.0 Å². The average molecular weight is 307 g/mol. The van der Waals surface area contributed by atoms with Crippen LogP contribution >= 0.6 is 0 Å². The first kappa shape index (κ1) is 15.8. The predicted molar refractivity (Wildman–Crippen MR) is 97.1 cm³/mol. The highest BCUT2D eigenvalue weighted by atomic mass is 16.5. The third-order valence-corrected chi connectivity index (χ3v) is 4.44. The number of benzene rings is 2. The molecular weight excluding hydrogens is 282 g/mol. The second kappa shape index (κ2) is 7.47. The van der Waals surface area contributed by atoms with Crippen LogP contribution in [-0.4, -0.2) is 18.3 Å². The van der Waals surface area contributed by atoms with Crippen LogP contribution < -0.4 is 0 Å². The molecular formula is C21H25NO. The molecule has 0 aliphatic rings. The molecule has 0 atom stereocenters. The number of hydrogen-bond donors (Lipinski definition) is 0. The van der Waals surface area contributed by atoms with Crippen LogP contribution in [0.3, 0.4) is 0 Å². The van der Waals surface area contributed by atoms with Crippen LogP contribution in [0.15, 0.2) is 54.7 Å². The first-order chi connectivity index (χ1) is 11.3. The first-order valence-electron chi connectivity index (χ1n) is 8.46. The summed E-state index contributed by atoms with van der Waals surface area (Å²) < 4.78 is 7.59. The van der Waals surface area contributed by atoms with E-state index in [0.29, 0.717) is 0 Å². The highest BCUT2D eigenvalue weighted by Crippen LogP contribution is 2.28. The van der Waals surface area contributed by atoms with E-state index in [9.17, 15) is 0 Å². The van der Waals surface area contributed by atoms with Gasteiger partial charge in [0.05, 0.1) is 0 Å². The van der Waals surface area contributed by atoms with Gasteiger partial charge in [-0.1, -0.05) is 49.4 Å². The van der Waals surface area contributed by atoms with Crippen molar-refractivity contribution in [1.82, 2.24) is 4.57 Å². The highest BCUT2D eigenvalue weighted by molar-refractivity contribution is 5.87. The van der Waals surface area contributed by atoms with E-state index in [2.05, 4.69) is 66.2 Å². The van der Waals surface area contributed by atoms with Crippen LogP contribution in [0.2, 0.25) is 0 Å². The SMILES string of the molecule is CCc1cn(CCCOC)c2cccc(Cc3ccccc3)c12. The molecule has 2 heteroatoms. The Labute approximate surface area is 138 Å². The minimum absolute atomic E-state index is 0.810. The quantitative estimate of drug-likeness (QED) is 0.570. The van der Waals surface area contributed by atoms with Crippen LogP contribution in [0.5, 0.6) is 0 Å². The van der Waals surface area contributed by atoms with Gasteiger partial charge in [-0.25, -0.2) is 0 Å². The fourth-order valence-electron chi connectivity index (χ4n) is 3.31. The Morgan fingerprint density at radius 2 is 1.78 bits per heavy atom. The molecule has 0 amide bonds. The first-order valence-corrected chi connectivity index (χ1v) is 8.46. The maximum atomic E-state index is 5.20. The third kappa shape index (κ3) is 3.48. The van der Waals surface area contributed by atoms with Crippen molar-refractivity contribution in [1.29, 1.82) is 0 Å². The Morgan fingerprint density at radius 1 is 0.957 bits per heavy atom. The Bertz CT molecular complexity index is 758. The van der Waals surface area contributed by atoms with Crippen LogP contribution in [0.1, 0.15) is 30.0 Å². The molecule has 23 heavy (non-hydrogen) atoms. The van der Waals surface area contributed by atoms with Gasteiger partial charge in [0.1, 0.15) is 0 Å². The van der Waals surface area contributed by atoms with E-state index in [0.717, 1.165) is 32.4 Å². The summed E-state index contributed by atoms with van der Waals surface area (Å²) >= 11 is 0. The molecule has 0 fully saturated rings. The Kier molecular flexibility index (Phi) is 5.14. The topological polar surface area (TPSA) is 14.2 Å². The molecule has 1 aromatic heterocycles. The van der Waals surface area contributed by atoms with Gasteiger partial charge in [-0.3, -0.25) is 0 Å². The minimum atomic E-state index is 0.810. The van der Waals surface area contributed by atoms with Crippen molar-refractivity contribution >= 4 is 10.9 Å². The number of aryl methyl sites for hydroxylation is 2. The molecule has 3 rings (SSSR count). The predicted octanol–water partition coefficient (Wildman–Crippen LogP) is 4.83. The fraction of sp³-hybridized carbons (Fsp3) is 0.333. The second-order valence-electron chi connectivity index (χ2n) is 6.02. The van der Waals surface area contributed by atoms with E-state index in [4.69, 9.17) is 4.74 Å². The van der Waals surface area contributed by atoms with Crippen LogP contribution in [0.25, 0.3) is 10.9 Å². The summed E-state index contributed by atoms with van der Waals surface area (Å²) in [6.07, 6.45) is 5.44. The lowest BCUT2D eigenvalue weighted by Gasteiger charge is -2.08. The van der Waals surface area contributed by atoms with E-state index in [1.807, 2.05) is 0 Å². The van der Waals surface area contributed by atoms with E-state index in [1.54, 1.807) is 7.11 Å². The van der Waals surface area contributed by atoms with Crippen molar-refractivity contribution in [3.8, 4) is 0 Å². The zero-order valence-electron chi connectivity index (χ0n) is 14.1. The van der Waals surface area contributed by atoms with E-state index in [-0.39, 0.29) is 0 Å². The highest BCUT2D eigenvalue weighted by Gasteiger charge is 2.11. The molecule has 0 aliphatic carbocycles. The summed E-state index contributed by atoms with van der Waals surface area (Å²) in [5, 5.41) is 1.44. The van der Waals surface area contributed by atoms with Gasteiger partial charge in [0.15, 0.2) is 0 Å². The Hall–Kier alpha value is -2.06. The summed E-state index contributed by atoms with van der Waals surface area (Å²) in [6, 6.07) is 17.4. The summed E-state index contributed by atoms with van der Waals surface area (Å²) in [5.41, 5.74) is 5.60. The lowest BCUT2D eigenvalue weighted by molar-refractivity contribution is 0.190. The summed E-state index contributed by atoms with van der Waals surface area (Å²) in [5.74, 6) is 0. The van der Waals surface area contributed by atoms with Gasteiger partial charge in [0.2, 0.25) is 0 Å². The molecule has 0 saturated heterocycles. The Balaban J connectivity index is 1.98. The van der Waals surface area contributed by atoms with Gasteiger partial charge in [-0.15, -0.1) is 0 Å². The summed E-state index contributed by atoms with van der Waals surface area (Å²) in [4.78, 5) is 0. The number of rotatable bonds is 7. The van der Waals surface area contributed by atoms with Crippen LogP contribution in [-0.2, 0) is 24.1 Å². The molecule has 120 valence electrons. The molecule has 1 heterocycles. The minimum Gasteiger partial charge on any atom is -0.385 e. The number of fused-ring (bicyclic) bond motifs is 1. The molecule has 2 aromatic carbocycles. The van der Waals surface area contributed by atoms with Gasteiger partial charge >= 0.3 is 0 Å². The fourth-order valence-corrected chi connectivity index (χ4v) is 3.31. The van der Waals surface area contributed by atoms with E-state index >= 15 is 0 Å². The van der Waals surface area contributed by atoms with Gasteiger partial charge in [0.25, 0.3) is 0 Å². The van der Waals surface area contributed by atoms with E-state index in [1.165, 1.54) is 27.6 Å². The molecule has 0 bridgehead atoms. The maximum Gasteiger partial charge on any atom is 0.0486 e. The largest absolute Gasteiger partial charge is 0.385 e. The van der Waals surface area contributed by atoms with Crippen LogP contribution in [0, 0.1) is 0 Å². The van der Waals surface area contributed by atoms with Crippen molar-refractivity contribution in [3.05, 3.63) is 71.4 Å². The maximum absolute atomic E-state index is 5.20. The number of nitrogens with zero attached hydrogens (tertiary/aromatic N) is 1. The van der Waals surface area contributed by atoms with Crippen molar-refractivity contribution < 1.29 is 4.74 Å². The number of methoxy groups -OCH3 is 1. The zero-order valence-corrected chi connectivity index (χ0v) is 14.1. The van der Waals surface area contributed by atoms with Crippen molar-refractivity contribution in [2.75, 3.05) is 13.7 Å². The Morgan fingerprint density at radius 3 is 2.52 bits per heavy atom. The monoisotopic (exact) mass is 307 g/mol. The van der Waals surface area contributed by atoms with Crippen LogP contribution in [0.4, 0.5) is 0 Å². The molecule has 0 unspecified atom stereocenters. The van der Waals surface area contributed by atoms with E-state index < -0.39 is 0 Å². The lowest BCUT2D eigenvalue weighted by Crippen LogP contribution is -2.00. The lowest BCUT2D eigenvalue weighted by atomic mass is 9.98. The van der Waals surface area contributed by atoms with Gasteiger partial charge in [-0.2, -0.15) is 0 Å². The second-order valence-corrected chi connectivity index (χ2v) is 6.02.